The van der Waals surface area contributed by atoms with Crippen LogP contribution in [0.5, 0.6) is 5.75 Å². The summed E-state index contributed by atoms with van der Waals surface area (Å²) >= 11 is 1.49. The molecule has 1 spiro atoms. The van der Waals surface area contributed by atoms with Crippen molar-refractivity contribution in [2.75, 3.05) is 31.8 Å². The maximum absolute atomic E-state index is 14.5. The van der Waals surface area contributed by atoms with Crippen molar-refractivity contribution in [1.29, 1.82) is 0 Å². The quantitative estimate of drug-likeness (QED) is 0.440. The van der Waals surface area contributed by atoms with Gasteiger partial charge in [-0.25, -0.2) is 0 Å². The van der Waals surface area contributed by atoms with Crippen LogP contribution in [0.4, 0.5) is 5.69 Å². The van der Waals surface area contributed by atoms with Gasteiger partial charge in [-0.15, -0.1) is 11.8 Å². The summed E-state index contributed by atoms with van der Waals surface area (Å²) in [6.07, 6.45) is 8.00. The normalized spacial score (nSPS) is 30.3. The number of methoxy groups -OCH3 is 1. The van der Waals surface area contributed by atoms with Crippen molar-refractivity contribution in [1.82, 2.24) is 4.90 Å². The number of ether oxygens (including phenoxy) is 2. The Morgan fingerprint density at radius 2 is 1.85 bits per heavy atom. The van der Waals surface area contributed by atoms with Crippen molar-refractivity contribution >= 4 is 35.2 Å². The molecule has 8 nitrogen and oxygen atoms in total. The van der Waals surface area contributed by atoms with E-state index >= 15 is 0 Å². The van der Waals surface area contributed by atoms with Crippen LogP contribution < -0.4 is 9.64 Å². The van der Waals surface area contributed by atoms with Gasteiger partial charge >= 0.3 is 5.97 Å². The summed E-state index contributed by atoms with van der Waals surface area (Å²) in [6, 6.07) is 15.3. The van der Waals surface area contributed by atoms with Crippen LogP contribution in [-0.4, -0.2) is 76.7 Å². The Bertz CT molecular complexity index is 1330. The molecule has 6 atom stereocenters. The second-order valence-electron chi connectivity index (χ2n) is 10.2. The highest BCUT2D eigenvalue weighted by Crippen LogP contribution is 2.61. The van der Waals surface area contributed by atoms with Gasteiger partial charge in [-0.3, -0.25) is 14.4 Å². The van der Waals surface area contributed by atoms with Crippen LogP contribution >= 0.6 is 11.8 Å². The molecular weight excluding hydrogens is 516 g/mol. The zero-order valence-electron chi connectivity index (χ0n) is 21.5. The fourth-order valence-corrected chi connectivity index (χ4v) is 8.42. The second-order valence-corrected chi connectivity index (χ2v) is 11.7. The van der Waals surface area contributed by atoms with Gasteiger partial charge < -0.3 is 24.4 Å². The molecule has 2 saturated heterocycles. The number of esters is 1. The summed E-state index contributed by atoms with van der Waals surface area (Å²) in [5.41, 5.74) is 1.62. The van der Waals surface area contributed by atoms with Gasteiger partial charge in [-0.05, 0) is 36.2 Å². The van der Waals surface area contributed by atoms with E-state index in [1.165, 1.54) is 11.8 Å². The highest BCUT2D eigenvalue weighted by molar-refractivity contribution is 8.02. The van der Waals surface area contributed by atoms with Crippen molar-refractivity contribution in [3.8, 4) is 5.75 Å². The minimum absolute atomic E-state index is 0.167. The molecule has 0 radical (unpaired) electrons. The summed E-state index contributed by atoms with van der Waals surface area (Å²) in [5.74, 6) is -1.78. The maximum Gasteiger partial charge on any atom is 0.311 e. The molecule has 0 aliphatic carbocycles. The molecule has 0 aromatic heterocycles. The lowest BCUT2D eigenvalue weighted by Gasteiger charge is -2.38. The minimum atomic E-state index is -0.977. The van der Waals surface area contributed by atoms with Gasteiger partial charge in [0.2, 0.25) is 5.91 Å². The summed E-state index contributed by atoms with van der Waals surface area (Å²) in [6.45, 7) is 0.167. The number of hydrogen-bond acceptors (Lipinski definition) is 7. The predicted molar refractivity (Wildman–Crippen MR) is 147 cm³/mol. The smallest absolute Gasteiger partial charge is 0.311 e. The van der Waals surface area contributed by atoms with Crippen LogP contribution in [-0.2, 0) is 25.5 Å². The molecule has 2 fully saturated rings. The molecule has 202 valence electrons. The molecular formula is C30H30N2O6S. The van der Waals surface area contributed by atoms with Crippen LogP contribution in [0, 0.1) is 11.8 Å². The number of amides is 2. The molecule has 6 rings (SSSR count). The van der Waals surface area contributed by atoms with E-state index in [0.717, 1.165) is 5.56 Å². The molecule has 2 aromatic rings. The first-order valence-electron chi connectivity index (χ1n) is 13.1. The van der Waals surface area contributed by atoms with Crippen LogP contribution in [0.3, 0.4) is 0 Å². The molecule has 0 bridgehead atoms. The van der Waals surface area contributed by atoms with Gasteiger partial charge in [0.1, 0.15) is 18.4 Å². The van der Waals surface area contributed by atoms with Crippen molar-refractivity contribution in [3.05, 3.63) is 84.5 Å². The fourth-order valence-electron chi connectivity index (χ4n) is 6.43. The molecule has 1 N–H and O–H groups in total. The van der Waals surface area contributed by atoms with Crippen molar-refractivity contribution in [3.63, 3.8) is 0 Å². The third-order valence-electron chi connectivity index (χ3n) is 8.15. The first kappa shape index (κ1) is 25.7. The number of thioether (sulfide) groups is 1. The fraction of sp³-hybridized carbons (Fsp3) is 0.367. The SMILES string of the molecule is COc1ccc(N2CC=C[C@]34S[C@@H]5C=CCOC(=O)[C@@H]5[C@H]3C(=O)N([C@@H](CO)Cc3ccccc3)C4C2=O)cc1. The van der Waals surface area contributed by atoms with E-state index in [0.29, 0.717) is 24.4 Å². The third-order valence-corrected chi connectivity index (χ3v) is 9.90. The molecule has 2 aromatic carbocycles. The number of likely N-dealkylation sites (tertiary alicyclic amines) is 1. The lowest BCUT2D eigenvalue weighted by molar-refractivity contribution is -0.152. The number of carbonyl (C=O) groups excluding carboxylic acids is 3. The summed E-state index contributed by atoms with van der Waals surface area (Å²) in [7, 11) is 1.58. The predicted octanol–water partition coefficient (Wildman–Crippen LogP) is 2.61. The average molecular weight is 547 g/mol. The van der Waals surface area contributed by atoms with E-state index in [9.17, 15) is 19.5 Å². The molecule has 2 amide bonds. The maximum atomic E-state index is 14.5. The largest absolute Gasteiger partial charge is 0.497 e. The minimum Gasteiger partial charge on any atom is -0.497 e. The molecule has 9 heteroatoms. The third kappa shape index (κ3) is 4.15. The number of fused-ring (bicyclic) bond motifs is 2. The monoisotopic (exact) mass is 546 g/mol. The molecule has 39 heavy (non-hydrogen) atoms. The number of benzene rings is 2. The number of rotatable bonds is 6. The molecule has 4 heterocycles. The van der Waals surface area contributed by atoms with Crippen LogP contribution in [0.25, 0.3) is 0 Å². The van der Waals surface area contributed by atoms with E-state index in [1.54, 1.807) is 29.0 Å². The van der Waals surface area contributed by atoms with Crippen LogP contribution in [0.15, 0.2) is 78.9 Å². The topological polar surface area (TPSA) is 96.4 Å². The number of carbonyl (C=O) groups is 3. The van der Waals surface area contributed by atoms with E-state index in [-0.39, 0.29) is 30.3 Å². The van der Waals surface area contributed by atoms with Crippen molar-refractivity contribution < 1.29 is 29.0 Å². The highest BCUT2D eigenvalue weighted by Gasteiger charge is 2.71. The first-order chi connectivity index (χ1) is 19.0. The van der Waals surface area contributed by atoms with Gasteiger partial charge in [0.15, 0.2) is 0 Å². The zero-order chi connectivity index (χ0) is 27.1. The molecule has 4 aliphatic rings. The van der Waals surface area contributed by atoms with Gasteiger partial charge in [0.25, 0.3) is 5.91 Å². The standard InChI is InChI=1S/C30H30N2O6S/c1-37-22-12-10-20(11-13-22)31-15-6-14-30-25(24-23(39-30)9-5-16-38-29(24)36)27(34)32(26(30)28(31)35)21(18-33)17-19-7-3-2-4-8-19/h2-14,21,23-26,33H,15-18H2,1H3/t21-,23-,24+,25+,26?,30+/m1/s1. The van der Waals surface area contributed by atoms with E-state index < -0.39 is 34.6 Å². The number of hydrogen-bond donors (Lipinski definition) is 1. The summed E-state index contributed by atoms with van der Waals surface area (Å²) < 4.78 is 9.76. The summed E-state index contributed by atoms with van der Waals surface area (Å²) in [5, 5.41) is 10.3. The van der Waals surface area contributed by atoms with Gasteiger partial charge in [-0.1, -0.05) is 54.6 Å². The Morgan fingerprint density at radius 1 is 1.08 bits per heavy atom. The van der Waals surface area contributed by atoms with Crippen LogP contribution in [0.1, 0.15) is 5.56 Å². The molecule has 4 aliphatic heterocycles. The second kappa shape index (κ2) is 10.2. The number of aliphatic hydroxyl groups is 1. The Morgan fingerprint density at radius 3 is 2.56 bits per heavy atom. The van der Waals surface area contributed by atoms with Gasteiger partial charge in [0.05, 0.1) is 36.3 Å². The lowest BCUT2D eigenvalue weighted by Crippen LogP contribution is -2.57. The zero-order valence-corrected chi connectivity index (χ0v) is 22.3. The molecule has 1 unspecified atom stereocenters. The van der Waals surface area contributed by atoms with E-state index in [2.05, 4.69) is 0 Å². The number of anilines is 1. The number of nitrogens with zero attached hydrogens (tertiary/aromatic N) is 2. The number of cyclic esters (lactones) is 1. The highest BCUT2D eigenvalue weighted by atomic mass is 32.2. The van der Waals surface area contributed by atoms with Gasteiger partial charge in [-0.2, -0.15) is 0 Å². The van der Waals surface area contributed by atoms with Crippen molar-refractivity contribution in [2.45, 2.75) is 28.5 Å². The Hall–Kier alpha value is -3.56. The van der Waals surface area contributed by atoms with Gasteiger partial charge in [0, 0.05) is 17.5 Å². The molecule has 0 saturated carbocycles. The summed E-state index contributed by atoms with van der Waals surface area (Å²) in [4.78, 5) is 45.3. The lowest BCUT2D eigenvalue weighted by atomic mass is 9.78. The Balaban J connectivity index is 1.46. The van der Waals surface area contributed by atoms with Crippen molar-refractivity contribution in [2.24, 2.45) is 11.8 Å². The van der Waals surface area contributed by atoms with E-state index in [4.69, 9.17) is 9.47 Å². The average Bonchev–Trinajstić information content (AvgIpc) is 3.26. The Kier molecular flexibility index (Phi) is 6.72. The van der Waals surface area contributed by atoms with E-state index in [1.807, 2.05) is 66.8 Å². The number of aliphatic hydroxyl groups excluding tert-OH is 1. The first-order valence-corrected chi connectivity index (χ1v) is 14.0. The Labute approximate surface area is 231 Å². The van der Waals surface area contributed by atoms with Crippen LogP contribution in [0.2, 0.25) is 0 Å².